The zero-order valence-corrected chi connectivity index (χ0v) is 12.8. The molecule has 2 N–H and O–H groups in total. The lowest BCUT2D eigenvalue weighted by Crippen LogP contribution is -2.06. The number of rotatable bonds is 4. The normalized spacial score (nSPS) is 10.2. The monoisotopic (exact) mass is 353 g/mol. The number of esters is 1. The zero-order chi connectivity index (χ0) is 15.4. The predicted molar refractivity (Wildman–Crippen MR) is 80.6 cm³/mol. The molecule has 6 heteroatoms. The van der Waals surface area contributed by atoms with Crippen molar-refractivity contribution in [2.24, 2.45) is 0 Å². The number of halogens is 2. The number of hydrogen-bond acceptors (Lipinski definition) is 4. The number of anilines is 1. The molecule has 2 aromatic carbocycles. The number of benzene rings is 2. The number of ether oxygens (including phenoxy) is 2. The van der Waals surface area contributed by atoms with Crippen LogP contribution in [0.15, 0.2) is 40.9 Å². The van der Waals surface area contributed by atoms with Crippen LogP contribution in [-0.4, -0.2) is 13.1 Å². The van der Waals surface area contributed by atoms with Gasteiger partial charge in [0, 0.05) is 4.47 Å². The van der Waals surface area contributed by atoms with Gasteiger partial charge in [0.25, 0.3) is 0 Å². The van der Waals surface area contributed by atoms with Gasteiger partial charge in [-0.2, -0.15) is 0 Å². The summed E-state index contributed by atoms with van der Waals surface area (Å²) in [5, 5.41) is 0. The molecule has 0 saturated heterocycles. The number of methoxy groups -OCH3 is 1. The van der Waals surface area contributed by atoms with Crippen LogP contribution in [-0.2, 0) is 11.3 Å². The molecule has 0 saturated carbocycles. The highest BCUT2D eigenvalue weighted by Crippen LogP contribution is 2.22. The zero-order valence-electron chi connectivity index (χ0n) is 11.2. The van der Waals surface area contributed by atoms with E-state index in [9.17, 15) is 9.18 Å². The maximum atomic E-state index is 13.2. The molecule has 110 valence electrons. The fourth-order valence-electron chi connectivity index (χ4n) is 1.79. The molecular weight excluding hydrogens is 341 g/mol. The van der Waals surface area contributed by atoms with Gasteiger partial charge >= 0.3 is 5.97 Å². The van der Waals surface area contributed by atoms with E-state index in [0.29, 0.717) is 27.0 Å². The van der Waals surface area contributed by atoms with Crippen molar-refractivity contribution >= 4 is 27.6 Å². The summed E-state index contributed by atoms with van der Waals surface area (Å²) >= 11 is 3.18. The number of hydrogen-bond donors (Lipinski definition) is 1. The van der Waals surface area contributed by atoms with Crippen molar-refractivity contribution in [1.29, 1.82) is 0 Å². The molecule has 4 nitrogen and oxygen atoms in total. The topological polar surface area (TPSA) is 61.5 Å². The maximum Gasteiger partial charge on any atom is 0.338 e. The van der Waals surface area contributed by atoms with E-state index in [1.165, 1.54) is 25.3 Å². The molecule has 2 rings (SSSR count). The highest BCUT2D eigenvalue weighted by molar-refractivity contribution is 9.10. The third-order valence-corrected chi connectivity index (χ3v) is 3.22. The van der Waals surface area contributed by atoms with Gasteiger partial charge < -0.3 is 15.2 Å². The van der Waals surface area contributed by atoms with Crippen LogP contribution in [0.3, 0.4) is 0 Å². The van der Waals surface area contributed by atoms with Crippen LogP contribution in [0, 0.1) is 5.82 Å². The van der Waals surface area contributed by atoms with Crippen molar-refractivity contribution in [3.8, 4) is 5.75 Å². The van der Waals surface area contributed by atoms with Crippen molar-refractivity contribution in [3.63, 3.8) is 0 Å². The van der Waals surface area contributed by atoms with Crippen LogP contribution < -0.4 is 10.5 Å². The molecule has 0 atom stereocenters. The molecule has 2 aromatic rings. The van der Waals surface area contributed by atoms with Crippen LogP contribution in [0.2, 0.25) is 0 Å². The average molecular weight is 354 g/mol. The minimum absolute atomic E-state index is 0.0267. The van der Waals surface area contributed by atoms with Gasteiger partial charge in [-0.25, -0.2) is 9.18 Å². The van der Waals surface area contributed by atoms with Crippen LogP contribution >= 0.6 is 15.9 Å². The highest BCUT2D eigenvalue weighted by atomic mass is 79.9. The van der Waals surface area contributed by atoms with E-state index >= 15 is 0 Å². The quantitative estimate of drug-likeness (QED) is 0.674. The summed E-state index contributed by atoms with van der Waals surface area (Å²) in [6.07, 6.45) is 0. The molecule has 21 heavy (non-hydrogen) atoms. The van der Waals surface area contributed by atoms with Crippen molar-refractivity contribution in [1.82, 2.24) is 0 Å². The number of nitrogens with two attached hydrogens (primary N) is 1. The third-order valence-electron chi connectivity index (χ3n) is 2.76. The summed E-state index contributed by atoms with van der Waals surface area (Å²) < 4.78 is 23.9. The van der Waals surface area contributed by atoms with Gasteiger partial charge in [0.15, 0.2) is 0 Å². The van der Waals surface area contributed by atoms with E-state index in [2.05, 4.69) is 15.9 Å². The van der Waals surface area contributed by atoms with Gasteiger partial charge in [0.2, 0.25) is 0 Å². The third kappa shape index (κ3) is 3.95. The number of carbonyl (C=O) groups is 1. The summed E-state index contributed by atoms with van der Waals surface area (Å²) in [4.78, 5) is 11.9. The number of carbonyl (C=O) groups excluding carboxylic acids is 1. The lowest BCUT2D eigenvalue weighted by molar-refractivity contribution is 0.0472. The fourth-order valence-corrected chi connectivity index (χ4v) is 2.30. The first-order chi connectivity index (χ1) is 9.99. The summed E-state index contributed by atoms with van der Waals surface area (Å²) in [6, 6.07) is 8.93. The Morgan fingerprint density at radius 1 is 1.29 bits per heavy atom. The molecule has 0 amide bonds. The SMILES string of the molecule is COc1ccc(C(=O)OCc2cc(F)cc(Br)c2)cc1N. The molecule has 0 aliphatic heterocycles. The Hall–Kier alpha value is -2.08. The Labute approximate surface area is 129 Å². The van der Waals surface area contributed by atoms with E-state index in [1.807, 2.05) is 0 Å². The molecule has 0 spiro atoms. The van der Waals surface area contributed by atoms with Crippen molar-refractivity contribution < 1.29 is 18.7 Å². The lowest BCUT2D eigenvalue weighted by atomic mass is 10.2. The van der Waals surface area contributed by atoms with E-state index in [0.717, 1.165) is 0 Å². The van der Waals surface area contributed by atoms with E-state index in [1.54, 1.807) is 18.2 Å². The van der Waals surface area contributed by atoms with Gasteiger partial charge in [-0.1, -0.05) is 15.9 Å². The second-order valence-electron chi connectivity index (χ2n) is 4.31. The van der Waals surface area contributed by atoms with E-state index < -0.39 is 11.8 Å². The first-order valence-electron chi connectivity index (χ1n) is 6.05. The highest BCUT2D eigenvalue weighted by Gasteiger charge is 2.10. The Kier molecular flexibility index (Phi) is 4.80. The Morgan fingerprint density at radius 3 is 2.67 bits per heavy atom. The molecule has 0 radical (unpaired) electrons. The Balaban J connectivity index is 2.06. The van der Waals surface area contributed by atoms with Gasteiger partial charge in [0.05, 0.1) is 18.4 Å². The second-order valence-corrected chi connectivity index (χ2v) is 5.23. The smallest absolute Gasteiger partial charge is 0.338 e. The Bertz CT molecular complexity index is 656. The molecule has 0 heterocycles. The van der Waals surface area contributed by atoms with E-state index in [4.69, 9.17) is 15.2 Å². The minimum atomic E-state index is -0.537. The first kappa shape index (κ1) is 15.3. The van der Waals surface area contributed by atoms with Gasteiger partial charge in [0.1, 0.15) is 18.2 Å². The lowest BCUT2D eigenvalue weighted by Gasteiger charge is -2.08. The van der Waals surface area contributed by atoms with Crippen molar-refractivity contribution in [2.45, 2.75) is 6.61 Å². The standard InChI is InChI=1S/C15H13BrFNO3/c1-20-14-3-2-10(6-13(14)18)15(19)21-8-9-4-11(16)7-12(17)5-9/h2-7H,8,18H2,1H3. The summed E-state index contributed by atoms with van der Waals surface area (Å²) in [5.41, 5.74) is 6.94. The molecule has 0 fully saturated rings. The first-order valence-corrected chi connectivity index (χ1v) is 6.84. The predicted octanol–water partition coefficient (Wildman–Crippen LogP) is 3.54. The van der Waals surface area contributed by atoms with Gasteiger partial charge in [-0.15, -0.1) is 0 Å². The van der Waals surface area contributed by atoms with Crippen LogP contribution in [0.4, 0.5) is 10.1 Å². The Morgan fingerprint density at radius 2 is 2.05 bits per heavy atom. The molecule has 0 aliphatic rings. The van der Waals surface area contributed by atoms with E-state index in [-0.39, 0.29) is 6.61 Å². The van der Waals surface area contributed by atoms with Gasteiger partial charge in [-0.3, -0.25) is 0 Å². The summed E-state index contributed by atoms with van der Waals surface area (Å²) in [6.45, 7) is -0.0267. The fraction of sp³-hybridized carbons (Fsp3) is 0.133. The molecule has 0 aromatic heterocycles. The number of nitrogen functional groups attached to an aromatic ring is 1. The average Bonchev–Trinajstić information content (AvgIpc) is 2.43. The second kappa shape index (κ2) is 6.58. The van der Waals surface area contributed by atoms with Crippen LogP contribution in [0.25, 0.3) is 0 Å². The van der Waals surface area contributed by atoms with Crippen LogP contribution in [0.5, 0.6) is 5.75 Å². The maximum absolute atomic E-state index is 13.2. The van der Waals surface area contributed by atoms with Crippen molar-refractivity contribution in [2.75, 3.05) is 12.8 Å². The largest absolute Gasteiger partial charge is 0.495 e. The molecule has 0 unspecified atom stereocenters. The van der Waals surface area contributed by atoms with Gasteiger partial charge in [-0.05, 0) is 42.0 Å². The summed E-state index contributed by atoms with van der Waals surface area (Å²) in [7, 11) is 1.49. The van der Waals surface area contributed by atoms with Crippen LogP contribution in [0.1, 0.15) is 15.9 Å². The minimum Gasteiger partial charge on any atom is -0.495 e. The molecule has 0 bridgehead atoms. The molecular formula is C15H13BrFNO3. The molecule has 0 aliphatic carbocycles. The van der Waals surface area contributed by atoms with Crippen molar-refractivity contribution in [3.05, 3.63) is 57.8 Å². The summed E-state index contributed by atoms with van der Waals surface area (Å²) in [5.74, 6) is -0.450.